The van der Waals surface area contributed by atoms with Gasteiger partial charge >= 0.3 is 5.97 Å². The van der Waals surface area contributed by atoms with E-state index in [2.05, 4.69) is 5.32 Å². The van der Waals surface area contributed by atoms with Gasteiger partial charge in [-0.05, 0) is 18.8 Å². The lowest BCUT2D eigenvalue weighted by Gasteiger charge is -2.46. The zero-order chi connectivity index (χ0) is 9.64. The van der Waals surface area contributed by atoms with Crippen LogP contribution in [0.2, 0.25) is 0 Å². The Morgan fingerprint density at radius 1 is 1.43 bits per heavy atom. The fraction of sp³-hybridized carbons (Fsp3) is 0.875. The molecule has 6 heteroatoms. The Morgan fingerprint density at radius 2 is 2.07 bits per heavy atom. The first-order valence-corrected chi connectivity index (χ1v) is 4.37. The predicted octanol–water partition coefficient (Wildman–Crippen LogP) is 1.27. The number of alkyl halides is 2. The Morgan fingerprint density at radius 3 is 2.43 bits per heavy atom. The number of carbonyl (C=O) groups is 1. The molecule has 3 unspecified atom stereocenters. The maximum atomic E-state index is 13.1. The number of hydrogen-bond donors (Lipinski definition) is 2. The number of fused-ring (bicyclic) bond motifs is 3. The van der Waals surface area contributed by atoms with Gasteiger partial charge in [-0.2, -0.15) is 0 Å². The molecule has 3 atom stereocenters. The van der Waals surface area contributed by atoms with Crippen LogP contribution in [0, 0.1) is 5.92 Å². The molecule has 1 aliphatic carbocycles. The number of hydrogen-bond acceptors (Lipinski definition) is 2. The number of halogens is 3. The average molecular weight is 228 g/mol. The minimum absolute atomic E-state index is 0. The van der Waals surface area contributed by atoms with Crippen molar-refractivity contribution >= 4 is 18.4 Å². The lowest BCUT2D eigenvalue weighted by molar-refractivity contribution is -0.156. The van der Waals surface area contributed by atoms with Crippen molar-refractivity contribution in [1.29, 1.82) is 0 Å². The molecule has 3 nitrogen and oxygen atoms in total. The van der Waals surface area contributed by atoms with Gasteiger partial charge in [0, 0.05) is 6.42 Å². The minimum atomic E-state index is -2.71. The van der Waals surface area contributed by atoms with Crippen molar-refractivity contribution in [3.8, 4) is 0 Å². The molecule has 2 saturated heterocycles. The Bertz CT molecular complexity index is 249. The molecule has 0 spiro atoms. The summed E-state index contributed by atoms with van der Waals surface area (Å²) in [5.41, 5.74) is 0. The molecule has 3 fully saturated rings. The molecular formula is C8H12ClF2NO2. The van der Waals surface area contributed by atoms with Gasteiger partial charge in [-0.3, -0.25) is 10.1 Å². The summed E-state index contributed by atoms with van der Waals surface area (Å²) < 4.78 is 26.2. The second kappa shape index (κ2) is 3.62. The largest absolute Gasteiger partial charge is 0.480 e. The van der Waals surface area contributed by atoms with E-state index in [9.17, 15) is 13.6 Å². The maximum Gasteiger partial charge on any atom is 0.320 e. The summed E-state index contributed by atoms with van der Waals surface area (Å²) in [7, 11) is 0. The zero-order valence-corrected chi connectivity index (χ0v) is 8.19. The molecule has 2 bridgehead atoms. The molecular weight excluding hydrogens is 216 g/mol. The summed E-state index contributed by atoms with van der Waals surface area (Å²) in [4.78, 5) is 10.6. The second-order valence-electron chi connectivity index (χ2n) is 3.84. The zero-order valence-electron chi connectivity index (χ0n) is 7.37. The summed E-state index contributed by atoms with van der Waals surface area (Å²) >= 11 is 0. The van der Waals surface area contributed by atoms with Crippen LogP contribution in [0.3, 0.4) is 0 Å². The number of rotatable bonds is 1. The summed E-state index contributed by atoms with van der Waals surface area (Å²) in [6.45, 7) is 0. The van der Waals surface area contributed by atoms with E-state index < -0.39 is 29.9 Å². The summed E-state index contributed by atoms with van der Waals surface area (Å²) in [5, 5.41) is 11.2. The lowest BCUT2D eigenvalue weighted by atomic mass is 9.74. The van der Waals surface area contributed by atoms with Gasteiger partial charge in [0.2, 0.25) is 0 Å². The third kappa shape index (κ3) is 1.70. The highest BCUT2D eigenvalue weighted by Gasteiger charge is 2.54. The van der Waals surface area contributed by atoms with Crippen molar-refractivity contribution in [3.63, 3.8) is 0 Å². The van der Waals surface area contributed by atoms with E-state index in [0.29, 0.717) is 12.8 Å². The molecule has 0 aromatic heterocycles. The number of piperidine rings is 2. The lowest BCUT2D eigenvalue weighted by Crippen LogP contribution is -2.64. The molecule has 0 aromatic rings. The first-order valence-electron chi connectivity index (χ1n) is 4.37. The monoisotopic (exact) mass is 227 g/mol. The van der Waals surface area contributed by atoms with Crippen LogP contribution in [-0.4, -0.2) is 29.1 Å². The molecule has 0 amide bonds. The third-order valence-corrected chi connectivity index (χ3v) is 2.99. The Balaban J connectivity index is 0.000000980. The van der Waals surface area contributed by atoms with Crippen LogP contribution >= 0.6 is 12.4 Å². The molecule has 14 heavy (non-hydrogen) atoms. The molecule has 82 valence electrons. The summed E-state index contributed by atoms with van der Waals surface area (Å²) in [5.74, 6) is -4.13. The van der Waals surface area contributed by atoms with Gasteiger partial charge in [0.25, 0.3) is 5.92 Å². The van der Waals surface area contributed by atoms with Crippen LogP contribution in [0.25, 0.3) is 0 Å². The third-order valence-electron chi connectivity index (χ3n) is 2.99. The molecule has 1 saturated carbocycles. The SMILES string of the molecule is Cl.O=C(O)C1NC2CCC1CC2(F)F. The van der Waals surface area contributed by atoms with Crippen molar-refractivity contribution < 1.29 is 18.7 Å². The Labute approximate surface area is 86.3 Å². The highest BCUT2D eigenvalue weighted by Crippen LogP contribution is 2.42. The van der Waals surface area contributed by atoms with E-state index in [0.717, 1.165) is 0 Å². The predicted molar refractivity (Wildman–Crippen MR) is 47.9 cm³/mol. The van der Waals surface area contributed by atoms with Gasteiger partial charge in [-0.15, -0.1) is 12.4 Å². The van der Waals surface area contributed by atoms with Crippen LogP contribution in [-0.2, 0) is 4.79 Å². The first-order chi connectivity index (χ1) is 6.00. The van der Waals surface area contributed by atoms with Crippen LogP contribution < -0.4 is 5.32 Å². The standard InChI is InChI=1S/C8H11F2NO2.ClH/c9-8(10)3-4-1-2-5(8)11-6(4)7(12)13;/h4-6,11H,1-3H2,(H,12,13);1H. The van der Waals surface area contributed by atoms with Gasteiger partial charge in [0.15, 0.2) is 0 Å². The number of carboxylic acids is 1. The van der Waals surface area contributed by atoms with Gasteiger partial charge in [-0.25, -0.2) is 8.78 Å². The first kappa shape index (κ1) is 11.7. The van der Waals surface area contributed by atoms with E-state index in [-0.39, 0.29) is 18.8 Å². The molecule has 2 heterocycles. The quantitative estimate of drug-likeness (QED) is 0.709. The van der Waals surface area contributed by atoms with Crippen LogP contribution in [0.1, 0.15) is 19.3 Å². The van der Waals surface area contributed by atoms with E-state index in [1.54, 1.807) is 0 Å². The fourth-order valence-corrected chi connectivity index (χ4v) is 2.30. The topological polar surface area (TPSA) is 49.3 Å². The summed E-state index contributed by atoms with van der Waals surface area (Å²) in [6.07, 6.45) is 0.716. The van der Waals surface area contributed by atoms with Crippen LogP contribution in [0.4, 0.5) is 8.78 Å². The van der Waals surface area contributed by atoms with E-state index in [4.69, 9.17) is 5.11 Å². The number of nitrogens with one attached hydrogen (secondary N) is 1. The highest BCUT2D eigenvalue weighted by molar-refractivity contribution is 5.85. The van der Waals surface area contributed by atoms with Crippen molar-refractivity contribution in [2.24, 2.45) is 5.92 Å². The molecule has 2 N–H and O–H groups in total. The van der Waals surface area contributed by atoms with Gasteiger partial charge in [0.1, 0.15) is 6.04 Å². The van der Waals surface area contributed by atoms with Crippen molar-refractivity contribution in [3.05, 3.63) is 0 Å². The highest BCUT2D eigenvalue weighted by atomic mass is 35.5. The van der Waals surface area contributed by atoms with E-state index in [1.165, 1.54) is 0 Å². The van der Waals surface area contributed by atoms with Crippen molar-refractivity contribution in [2.75, 3.05) is 0 Å². The van der Waals surface area contributed by atoms with Crippen molar-refractivity contribution in [1.82, 2.24) is 5.32 Å². The van der Waals surface area contributed by atoms with Gasteiger partial charge in [0.05, 0.1) is 6.04 Å². The number of aliphatic carboxylic acids is 1. The summed E-state index contributed by atoms with van der Waals surface area (Å²) in [6, 6.07) is -1.70. The normalized spacial score (nSPS) is 38.9. The average Bonchev–Trinajstić information content (AvgIpc) is 2.02. The van der Waals surface area contributed by atoms with Gasteiger partial charge in [-0.1, -0.05) is 0 Å². The number of carboxylic acid groups (broad SMARTS) is 1. The smallest absolute Gasteiger partial charge is 0.320 e. The van der Waals surface area contributed by atoms with E-state index in [1.807, 2.05) is 0 Å². The van der Waals surface area contributed by atoms with E-state index >= 15 is 0 Å². The van der Waals surface area contributed by atoms with Crippen LogP contribution in [0.5, 0.6) is 0 Å². The Hall–Kier alpha value is -0.420. The second-order valence-corrected chi connectivity index (χ2v) is 3.84. The molecule has 0 aromatic carbocycles. The Kier molecular flexibility index (Phi) is 3.02. The molecule has 3 rings (SSSR count). The van der Waals surface area contributed by atoms with Crippen LogP contribution in [0.15, 0.2) is 0 Å². The maximum absolute atomic E-state index is 13.1. The molecule has 2 aliphatic heterocycles. The molecule has 3 aliphatic rings. The van der Waals surface area contributed by atoms with Crippen molar-refractivity contribution in [2.45, 2.75) is 37.3 Å². The fourth-order valence-electron chi connectivity index (χ4n) is 2.30. The minimum Gasteiger partial charge on any atom is -0.480 e. The van der Waals surface area contributed by atoms with Gasteiger partial charge < -0.3 is 5.11 Å². The molecule has 0 radical (unpaired) electrons.